The maximum atomic E-state index is 4.52. The Labute approximate surface area is 121 Å². The van der Waals surface area contributed by atoms with E-state index < -0.39 is 0 Å². The Balaban J connectivity index is 1.94. The minimum Gasteiger partial charge on any atom is -0.179 e. The van der Waals surface area contributed by atoms with E-state index in [9.17, 15) is 0 Å². The molecule has 0 aromatic heterocycles. The van der Waals surface area contributed by atoms with Crippen LogP contribution in [0.1, 0.15) is 45.6 Å². The first-order chi connectivity index (χ1) is 8.45. The summed E-state index contributed by atoms with van der Waals surface area (Å²) < 4.78 is 0. The first-order valence-corrected chi connectivity index (χ1v) is 8.41. The van der Waals surface area contributed by atoms with Gasteiger partial charge in [-0.05, 0) is 47.1 Å². The van der Waals surface area contributed by atoms with Crippen LogP contribution in [-0.4, -0.2) is 11.5 Å². The van der Waals surface area contributed by atoms with Crippen LogP contribution >= 0.6 is 24.4 Å². The Hall–Kier alpha value is -0.0800. The van der Waals surface area contributed by atoms with Gasteiger partial charge in [-0.2, -0.15) is 12.6 Å². The Morgan fingerprint density at radius 2 is 1.78 bits per heavy atom. The van der Waals surface area contributed by atoms with Crippen molar-refractivity contribution < 1.29 is 0 Å². The van der Waals surface area contributed by atoms with Crippen molar-refractivity contribution in [2.75, 3.05) is 11.5 Å². The second-order valence-electron chi connectivity index (χ2n) is 6.57. The quantitative estimate of drug-likeness (QED) is 0.586. The highest BCUT2D eigenvalue weighted by Crippen LogP contribution is 2.45. The molecule has 2 rings (SSSR count). The van der Waals surface area contributed by atoms with E-state index in [1.165, 1.54) is 35.5 Å². The molecule has 100 valence electrons. The molecule has 2 heteroatoms. The van der Waals surface area contributed by atoms with E-state index >= 15 is 0 Å². The molecule has 1 aliphatic rings. The molecule has 0 aliphatic heterocycles. The summed E-state index contributed by atoms with van der Waals surface area (Å²) in [5, 5.41) is 0. The Bertz CT molecular complexity index is 377. The number of hydrogen-bond donors (Lipinski definition) is 1. The molecule has 0 saturated heterocycles. The van der Waals surface area contributed by atoms with Crippen molar-refractivity contribution in [2.24, 2.45) is 5.41 Å². The SMILES string of the molecule is CC(C)(C)c1ccc(SCC2(CS)CCC2)cc1. The Kier molecular flexibility index (Phi) is 4.38. The average Bonchev–Trinajstić information content (AvgIpc) is 2.28. The summed E-state index contributed by atoms with van der Waals surface area (Å²) in [7, 11) is 0. The van der Waals surface area contributed by atoms with Crippen molar-refractivity contribution in [2.45, 2.75) is 50.3 Å². The van der Waals surface area contributed by atoms with Gasteiger partial charge in [-0.3, -0.25) is 0 Å². The highest BCUT2D eigenvalue weighted by atomic mass is 32.2. The lowest BCUT2D eigenvalue weighted by Gasteiger charge is -2.40. The van der Waals surface area contributed by atoms with Crippen LogP contribution in [0, 0.1) is 5.41 Å². The lowest BCUT2D eigenvalue weighted by atomic mass is 9.72. The zero-order valence-corrected chi connectivity index (χ0v) is 13.4. The predicted octanol–water partition coefficient (Wildman–Crippen LogP) is 5.18. The minimum atomic E-state index is 0.253. The number of benzene rings is 1. The fraction of sp³-hybridized carbons (Fsp3) is 0.625. The molecule has 1 fully saturated rings. The molecule has 0 spiro atoms. The second-order valence-corrected chi connectivity index (χ2v) is 7.94. The third-order valence-electron chi connectivity index (χ3n) is 4.01. The van der Waals surface area contributed by atoms with Crippen LogP contribution in [0.4, 0.5) is 0 Å². The van der Waals surface area contributed by atoms with Crippen molar-refractivity contribution in [3.8, 4) is 0 Å². The van der Waals surface area contributed by atoms with Gasteiger partial charge in [0.1, 0.15) is 0 Å². The number of thioether (sulfide) groups is 1. The Morgan fingerprint density at radius 1 is 1.17 bits per heavy atom. The van der Waals surface area contributed by atoms with Gasteiger partial charge in [0, 0.05) is 10.6 Å². The van der Waals surface area contributed by atoms with Crippen molar-refractivity contribution >= 4 is 24.4 Å². The highest BCUT2D eigenvalue weighted by molar-refractivity contribution is 7.99. The lowest BCUT2D eigenvalue weighted by Crippen LogP contribution is -2.33. The fourth-order valence-electron chi connectivity index (χ4n) is 2.31. The van der Waals surface area contributed by atoms with Crippen LogP contribution in [-0.2, 0) is 5.41 Å². The molecule has 0 heterocycles. The molecule has 0 radical (unpaired) electrons. The van der Waals surface area contributed by atoms with Crippen molar-refractivity contribution in [1.29, 1.82) is 0 Å². The van der Waals surface area contributed by atoms with Crippen LogP contribution in [0.3, 0.4) is 0 Å². The molecular weight excluding hydrogens is 256 g/mol. The molecule has 0 amide bonds. The number of thiol groups is 1. The predicted molar refractivity (Wildman–Crippen MR) is 86.0 cm³/mol. The standard InChI is InChI=1S/C16H24S2/c1-15(2,3)13-5-7-14(8-6-13)18-12-16(11-17)9-4-10-16/h5-8,17H,4,9-12H2,1-3H3. The highest BCUT2D eigenvalue weighted by Gasteiger charge is 2.35. The lowest BCUT2D eigenvalue weighted by molar-refractivity contribution is 0.205. The molecule has 0 bridgehead atoms. The van der Waals surface area contributed by atoms with Gasteiger partial charge in [-0.25, -0.2) is 0 Å². The number of rotatable bonds is 4. The largest absolute Gasteiger partial charge is 0.179 e. The summed E-state index contributed by atoms with van der Waals surface area (Å²) in [6, 6.07) is 9.10. The van der Waals surface area contributed by atoms with Crippen LogP contribution in [0.15, 0.2) is 29.2 Å². The maximum Gasteiger partial charge on any atom is 0.00723 e. The molecule has 1 aliphatic carbocycles. The molecule has 0 N–H and O–H groups in total. The maximum absolute atomic E-state index is 4.52. The van der Waals surface area contributed by atoms with Crippen molar-refractivity contribution in [1.82, 2.24) is 0 Å². The van der Waals surface area contributed by atoms with Crippen LogP contribution < -0.4 is 0 Å². The van der Waals surface area contributed by atoms with Crippen LogP contribution in [0.25, 0.3) is 0 Å². The van der Waals surface area contributed by atoms with Crippen LogP contribution in [0.5, 0.6) is 0 Å². The Morgan fingerprint density at radius 3 is 2.17 bits per heavy atom. The van der Waals surface area contributed by atoms with E-state index in [1.807, 2.05) is 11.8 Å². The number of hydrogen-bond acceptors (Lipinski definition) is 2. The first kappa shape index (κ1) is 14.3. The zero-order valence-electron chi connectivity index (χ0n) is 11.7. The van der Waals surface area contributed by atoms with Gasteiger partial charge in [0.25, 0.3) is 0 Å². The van der Waals surface area contributed by atoms with Crippen LogP contribution in [0.2, 0.25) is 0 Å². The molecule has 0 nitrogen and oxygen atoms in total. The van der Waals surface area contributed by atoms with Gasteiger partial charge in [-0.1, -0.05) is 39.3 Å². The molecular formula is C16H24S2. The topological polar surface area (TPSA) is 0 Å². The van der Waals surface area contributed by atoms with Gasteiger partial charge < -0.3 is 0 Å². The zero-order chi connectivity index (χ0) is 13.2. The summed E-state index contributed by atoms with van der Waals surface area (Å²) in [5.41, 5.74) is 2.19. The smallest absolute Gasteiger partial charge is 0.00723 e. The summed E-state index contributed by atoms with van der Waals surface area (Å²) >= 11 is 6.52. The molecule has 1 aromatic carbocycles. The minimum absolute atomic E-state index is 0.253. The molecule has 1 aromatic rings. The molecule has 0 unspecified atom stereocenters. The summed E-state index contributed by atoms with van der Waals surface area (Å²) in [5.74, 6) is 2.27. The molecule has 0 atom stereocenters. The molecule has 18 heavy (non-hydrogen) atoms. The third-order valence-corrected chi connectivity index (χ3v) is 6.05. The van der Waals surface area contributed by atoms with E-state index in [-0.39, 0.29) is 5.41 Å². The normalized spacial score (nSPS) is 18.4. The van der Waals surface area contributed by atoms with E-state index in [1.54, 1.807) is 0 Å². The van der Waals surface area contributed by atoms with Gasteiger partial charge in [0.2, 0.25) is 0 Å². The fourth-order valence-corrected chi connectivity index (χ4v) is 4.08. The van der Waals surface area contributed by atoms with Gasteiger partial charge in [-0.15, -0.1) is 11.8 Å². The van der Waals surface area contributed by atoms with Gasteiger partial charge >= 0.3 is 0 Å². The van der Waals surface area contributed by atoms with Crippen molar-refractivity contribution in [3.63, 3.8) is 0 Å². The average molecular weight is 281 g/mol. The second kappa shape index (κ2) is 5.50. The van der Waals surface area contributed by atoms with Crippen molar-refractivity contribution in [3.05, 3.63) is 29.8 Å². The van der Waals surface area contributed by atoms with E-state index in [2.05, 4.69) is 57.7 Å². The first-order valence-electron chi connectivity index (χ1n) is 6.79. The van der Waals surface area contributed by atoms with E-state index in [0.717, 1.165) is 5.75 Å². The van der Waals surface area contributed by atoms with Gasteiger partial charge in [0.05, 0.1) is 0 Å². The van der Waals surface area contributed by atoms with Gasteiger partial charge in [0.15, 0.2) is 0 Å². The monoisotopic (exact) mass is 280 g/mol. The third kappa shape index (κ3) is 3.27. The summed E-state index contributed by atoms with van der Waals surface area (Å²) in [6.07, 6.45) is 4.12. The van der Waals surface area contributed by atoms with E-state index in [4.69, 9.17) is 0 Å². The van der Waals surface area contributed by atoms with E-state index in [0.29, 0.717) is 5.41 Å². The summed E-state index contributed by atoms with van der Waals surface area (Å²) in [6.45, 7) is 6.79. The molecule has 1 saturated carbocycles. The summed E-state index contributed by atoms with van der Waals surface area (Å²) in [4.78, 5) is 1.40.